The molecule has 0 saturated carbocycles. The number of aromatic nitrogens is 2. The van der Waals surface area contributed by atoms with Crippen LogP contribution in [0.3, 0.4) is 0 Å². The maximum absolute atomic E-state index is 11.9. The lowest BCUT2D eigenvalue weighted by Gasteiger charge is -2.02. The molecule has 17 heavy (non-hydrogen) atoms. The molecular formula is C12H12N2O3. The van der Waals surface area contributed by atoms with Crippen molar-refractivity contribution in [3.63, 3.8) is 0 Å². The smallest absolute Gasteiger partial charge is 0.258 e. The van der Waals surface area contributed by atoms with Gasteiger partial charge in [-0.15, -0.1) is 0 Å². The molecule has 5 nitrogen and oxygen atoms in total. The van der Waals surface area contributed by atoms with E-state index in [9.17, 15) is 4.79 Å². The Hall–Kier alpha value is -2.04. The van der Waals surface area contributed by atoms with Crippen molar-refractivity contribution in [3.8, 4) is 11.5 Å². The lowest BCUT2D eigenvalue weighted by molar-refractivity contribution is 0.174. The highest BCUT2D eigenvalue weighted by atomic mass is 16.7. The summed E-state index contributed by atoms with van der Waals surface area (Å²) in [6, 6.07) is 3.44. The quantitative estimate of drug-likeness (QED) is 0.854. The summed E-state index contributed by atoms with van der Waals surface area (Å²) in [5, 5.41) is 0.536. The van der Waals surface area contributed by atoms with Gasteiger partial charge in [-0.2, -0.15) is 0 Å². The highest BCUT2D eigenvalue weighted by molar-refractivity contribution is 5.82. The van der Waals surface area contributed by atoms with Crippen LogP contribution in [0.25, 0.3) is 10.9 Å². The third kappa shape index (κ3) is 1.63. The third-order valence-electron chi connectivity index (χ3n) is 2.74. The number of hydrogen-bond acceptors (Lipinski definition) is 4. The van der Waals surface area contributed by atoms with Gasteiger partial charge in [0.15, 0.2) is 11.5 Å². The first-order chi connectivity index (χ1) is 8.28. The predicted octanol–water partition coefficient (Wildman–Crippen LogP) is 1.60. The minimum Gasteiger partial charge on any atom is -0.454 e. The van der Waals surface area contributed by atoms with E-state index in [0.29, 0.717) is 28.2 Å². The van der Waals surface area contributed by atoms with Crippen LogP contribution in [0.2, 0.25) is 0 Å². The van der Waals surface area contributed by atoms with E-state index in [2.05, 4.69) is 9.97 Å². The van der Waals surface area contributed by atoms with Crippen LogP contribution in [0.4, 0.5) is 0 Å². The van der Waals surface area contributed by atoms with Crippen LogP contribution in [0.1, 0.15) is 19.2 Å². The average Bonchev–Trinajstić information content (AvgIpc) is 2.74. The lowest BCUT2D eigenvalue weighted by Crippen LogP contribution is -2.11. The minimum absolute atomic E-state index is 0.128. The van der Waals surface area contributed by atoms with Crippen LogP contribution in [-0.2, 0) is 6.42 Å². The largest absolute Gasteiger partial charge is 0.454 e. The molecule has 0 amide bonds. The molecule has 88 valence electrons. The second-order valence-corrected chi connectivity index (χ2v) is 3.99. The van der Waals surface area contributed by atoms with Gasteiger partial charge in [-0.05, 0) is 12.5 Å². The normalized spacial score (nSPS) is 13.2. The van der Waals surface area contributed by atoms with Crippen molar-refractivity contribution in [2.24, 2.45) is 0 Å². The molecule has 0 saturated heterocycles. The molecule has 1 N–H and O–H groups in total. The number of aromatic amines is 1. The number of H-pyrrole nitrogens is 1. The van der Waals surface area contributed by atoms with E-state index in [1.165, 1.54) is 0 Å². The SMILES string of the molecule is CCCc1nc2cc3c(cc2c(=O)[nH]1)OCO3. The van der Waals surface area contributed by atoms with Crippen molar-refractivity contribution in [2.75, 3.05) is 6.79 Å². The molecular weight excluding hydrogens is 220 g/mol. The van der Waals surface area contributed by atoms with Gasteiger partial charge in [0.1, 0.15) is 5.82 Å². The summed E-state index contributed by atoms with van der Waals surface area (Å²) in [6.07, 6.45) is 1.71. The monoisotopic (exact) mass is 232 g/mol. The summed E-state index contributed by atoms with van der Waals surface area (Å²) in [4.78, 5) is 19.1. The number of ether oxygens (including phenoxy) is 2. The van der Waals surface area contributed by atoms with Gasteiger partial charge >= 0.3 is 0 Å². The summed E-state index contributed by atoms with van der Waals surface area (Å²) < 4.78 is 10.5. The number of nitrogens with one attached hydrogen (secondary N) is 1. The lowest BCUT2D eigenvalue weighted by atomic mass is 10.2. The van der Waals surface area contributed by atoms with Crippen LogP contribution in [0.15, 0.2) is 16.9 Å². The van der Waals surface area contributed by atoms with Gasteiger partial charge in [-0.1, -0.05) is 6.92 Å². The Kier molecular flexibility index (Phi) is 2.24. The molecule has 0 bridgehead atoms. The maximum Gasteiger partial charge on any atom is 0.258 e. The molecule has 0 aliphatic carbocycles. The first-order valence-electron chi connectivity index (χ1n) is 5.60. The van der Waals surface area contributed by atoms with Crippen LogP contribution >= 0.6 is 0 Å². The molecule has 0 radical (unpaired) electrons. The number of rotatable bonds is 2. The van der Waals surface area contributed by atoms with Gasteiger partial charge in [0.05, 0.1) is 10.9 Å². The number of hydrogen-bond donors (Lipinski definition) is 1. The van der Waals surface area contributed by atoms with E-state index in [0.717, 1.165) is 12.8 Å². The summed E-state index contributed by atoms with van der Waals surface area (Å²) in [5.74, 6) is 1.97. The Bertz CT molecular complexity index is 633. The first kappa shape index (κ1) is 10.1. The minimum atomic E-state index is -0.128. The molecule has 0 fully saturated rings. The third-order valence-corrected chi connectivity index (χ3v) is 2.74. The van der Waals surface area contributed by atoms with Crippen LogP contribution < -0.4 is 15.0 Å². The number of fused-ring (bicyclic) bond motifs is 2. The van der Waals surface area contributed by atoms with Crippen LogP contribution in [-0.4, -0.2) is 16.8 Å². The van der Waals surface area contributed by atoms with E-state index in [4.69, 9.17) is 9.47 Å². The van der Waals surface area contributed by atoms with Crippen molar-refractivity contribution in [1.29, 1.82) is 0 Å². The van der Waals surface area contributed by atoms with Gasteiger partial charge in [-0.25, -0.2) is 4.98 Å². The zero-order chi connectivity index (χ0) is 11.8. The summed E-state index contributed by atoms with van der Waals surface area (Å²) in [6.45, 7) is 2.25. The highest BCUT2D eigenvalue weighted by Crippen LogP contribution is 2.34. The topological polar surface area (TPSA) is 64.2 Å². The average molecular weight is 232 g/mol. The zero-order valence-corrected chi connectivity index (χ0v) is 9.45. The second-order valence-electron chi connectivity index (χ2n) is 3.99. The highest BCUT2D eigenvalue weighted by Gasteiger charge is 2.16. The van der Waals surface area contributed by atoms with Crippen molar-refractivity contribution < 1.29 is 9.47 Å². The molecule has 0 unspecified atom stereocenters. The standard InChI is InChI=1S/C12H12N2O3/c1-2-3-11-13-8-5-10-9(16-6-17-10)4-7(8)12(15)14-11/h4-5H,2-3,6H2,1H3,(H,13,14,15). The molecule has 2 aromatic rings. The van der Waals surface area contributed by atoms with Crippen LogP contribution in [0, 0.1) is 0 Å². The molecule has 5 heteroatoms. The zero-order valence-electron chi connectivity index (χ0n) is 9.45. The number of benzene rings is 1. The van der Waals surface area contributed by atoms with Gasteiger partial charge < -0.3 is 14.5 Å². The Morgan fingerprint density at radius 1 is 1.35 bits per heavy atom. The van der Waals surface area contributed by atoms with Crippen molar-refractivity contribution in [1.82, 2.24) is 9.97 Å². The van der Waals surface area contributed by atoms with Gasteiger partial charge in [-0.3, -0.25) is 4.79 Å². The molecule has 1 aromatic carbocycles. The molecule has 1 aromatic heterocycles. The van der Waals surface area contributed by atoms with E-state index >= 15 is 0 Å². The van der Waals surface area contributed by atoms with Gasteiger partial charge in [0.2, 0.25) is 6.79 Å². The molecule has 2 heterocycles. The van der Waals surface area contributed by atoms with Gasteiger partial charge in [0, 0.05) is 12.5 Å². The fourth-order valence-corrected chi connectivity index (χ4v) is 1.93. The Morgan fingerprint density at radius 3 is 2.88 bits per heavy atom. The molecule has 0 spiro atoms. The number of nitrogens with zero attached hydrogens (tertiary/aromatic N) is 1. The van der Waals surface area contributed by atoms with Crippen molar-refractivity contribution >= 4 is 10.9 Å². The maximum atomic E-state index is 11.9. The Balaban J connectivity index is 2.24. The fourth-order valence-electron chi connectivity index (χ4n) is 1.93. The van der Waals surface area contributed by atoms with E-state index in [1.54, 1.807) is 12.1 Å². The summed E-state index contributed by atoms with van der Waals surface area (Å²) in [7, 11) is 0. The molecule has 1 aliphatic rings. The summed E-state index contributed by atoms with van der Waals surface area (Å²) in [5.41, 5.74) is 0.526. The predicted molar refractivity (Wildman–Crippen MR) is 62.5 cm³/mol. The van der Waals surface area contributed by atoms with E-state index in [1.807, 2.05) is 6.92 Å². The number of aryl methyl sites for hydroxylation is 1. The fraction of sp³-hybridized carbons (Fsp3) is 0.333. The van der Waals surface area contributed by atoms with E-state index in [-0.39, 0.29) is 12.4 Å². The molecule has 3 rings (SSSR count). The van der Waals surface area contributed by atoms with Gasteiger partial charge in [0.25, 0.3) is 5.56 Å². The molecule has 0 atom stereocenters. The second kappa shape index (κ2) is 3.76. The van der Waals surface area contributed by atoms with Crippen molar-refractivity contribution in [2.45, 2.75) is 19.8 Å². The van der Waals surface area contributed by atoms with Crippen molar-refractivity contribution in [3.05, 3.63) is 28.3 Å². The first-order valence-corrected chi connectivity index (χ1v) is 5.60. The molecule has 1 aliphatic heterocycles. The summed E-state index contributed by atoms with van der Waals surface area (Å²) >= 11 is 0. The van der Waals surface area contributed by atoms with E-state index < -0.39 is 0 Å². The van der Waals surface area contributed by atoms with Crippen LogP contribution in [0.5, 0.6) is 11.5 Å². The Morgan fingerprint density at radius 2 is 2.12 bits per heavy atom. The Labute approximate surface area is 97.4 Å².